The first kappa shape index (κ1) is 18.2. The molecule has 0 aliphatic rings. The Morgan fingerprint density at radius 2 is 1.96 bits per heavy atom. The number of para-hydroxylation sites is 1. The first-order valence-electron chi connectivity index (χ1n) is 7.83. The summed E-state index contributed by atoms with van der Waals surface area (Å²) in [4.78, 5) is 26.0. The largest absolute Gasteiger partial charge is 0.356 e. The molecule has 26 heavy (non-hydrogen) atoms. The van der Waals surface area contributed by atoms with Crippen LogP contribution in [0.15, 0.2) is 51.5 Å². The summed E-state index contributed by atoms with van der Waals surface area (Å²) in [6.45, 7) is 1.88. The molecule has 0 unspecified atom stereocenters. The number of pyridine rings is 1. The standard InChI is InChI=1S/C17H17N3O4S2/c1-11(21)18-10-9-13-6-8-16(25-13)26(23,24)20-14-4-2-3-12-5-7-15(22)19-17(12)14/h2-8,20H,9-10H2,1H3,(H,18,21)(H,19,22). The monoisotopic (exact) mass is 391 g/mol. The molecule has 9 heteroatoms. The van der Waals surface area contributed by atoms with Crippen LogP contribution >= 0.6 is 11.3 Å². The van der Waals surface area contributed by atoms with Crippen molar-refractivity contribution < 1.29 is 13.2 Å². The van der Waals surface area contributed by atoms with Gasteiger partial charge in [0, 0.05) is 29.8 Å². The van der Waals surface area contributed by atoms with Gasteiger partial charge in [-0.3, -0.25) is 14.3 Å². The lowest BCUT2D eigenvalue weighted by Crippen LogP contribution is -2.22. The smallest absolute Gasteiger partial charge is 0.271 e. The molecule has 0 atom stereocenters. The number of fused-ring (bicyclic) bond motifs is 1. The van der Waals surface area contributed by atoms with Crippen LogP contribution in [0.25, 0.3) is 10.9 Å². The van der Waals surface area contributed by atoms with Crippen LogP contribution in [0, 0.1) is 0 Å². The molecule has 0 aliphatic carbocycles. The summed E-state index contributed by atoms with van der Waals surface area (Å²) in [5.41, 5.74) is 0.444. The minimum atomic E-state index is -3.78. The summed E-state index contributed by atoms with van der Waals surface area (Å²) in [6, 6.07) is 11.4. The van der Waals surface area contributed by atoms with Gasteiger partial charge in [-0.1, -0.05) is 12.1 Å². The van der Waals surface area contributed by atoms with Gasteiger partial charge in [-0.2, -0.15) is 0 Å². The number of hydrogen-bond acceptors (Lipinski definition) is 5. The number of aromatic nitrogens is 1. The first-order chi connectivity index (χ1) is 12.3. The second kappa shape index (κ2) is 7.30. The number of H-pyrrole nitrogens is 1. The number of aromatic amines is 1. The molecule has 3 rings (SSSR count). The van der Waals surface area contributed by atoms with E-state index in [1.807, 2.05) is 0 Å². The zero-order chi connectivity index (χ0) is 18.7. The van der Waals surface area contributed by atoms with Crippen LogP contribution in [0.1, 0.15) is 11.8 Å². The number of rotatable bonds is 6. The Kier molecular flexibility index (Phi) is 5.10. The van der Waals surface area contributed by atoms with E-state index < -0.39 is 10.0 Å². The summed E-state index contributed by atoms with van der Waals surface area (Å²) in [5.74, 6) is -0.124. The predicted octanol–water partition coefficient (Wildman–Crippen LogP) is 2.07. The van der Waals surface area contributed by atoms with Crippen LogP contribution in [0.2, 0.25) is 0 Å². The van der Waals surface area contributed by atoms with Crippen molar-refractivity contribution in [2.75, 3.05) is 11.3 Å². The molecule has 2 heterocycles. The fraction of sp³-hybridized carbons (Fsp3) is 0.176. The third-order valence-electron chi connectivity index (χ3n) is 3.65. The Balaban J connectivity index is 1.84. The maximum absolute atomic E-state index is 12.7. The van der Waals surface area contributed by atoms with E-state index in [2.05, 4.69) is 15.0 Å². The van der Waals surface area contributed by atoms with Crippen molar-refractivity contribution in [2.45, 2.75) is 17.6 Å². The average molecular weight is 391 g/mol. The van der Waals surface area contributed by atoms with E-state index in [9.17, 15) is 18.0 Å². The van der Waals surface area contributed by atoms with Crippen LogP contribution in [-0.2, 0) is 21.2 Å². The highest BCUT2D eigenvalue weighted by molar-refractivity contribution is 7.94. The minimum Gasteiger partial charge on any atom is -0.356 e. The quantitative estimate of drug-likeness (QED) is 0.598. The van der Waals surface area contributed by atoms with E-state index in [-0.39, 0.29) is 15.7 Å². The number of hydrogen-bond donors (Lipinski definition) is 3. The molecule has 0 spiro atoms. The molecule has 3 aromatic rings. The molecule has 3 N–H and O–H groups in total. The molecular weight excluding hydrogens is 374 g/mol. The summed E-state index contributed by atoms with van der Waals surface area (Å²) >= 11 is 1.15. The Morgan fingerprint density at radius 3 is 2.73 bits per heavy atom. The van der Waals surface area contributed by atoms with Crippen molar-refractivity contribution in [3.63, 3.8) is 0 Å². The van der Waals surface area contributed by atoms with Gasteiger partial charge in [0.05, 0.1) is 11.2 Å². The fourth-order valence-electron chi connectivity index (χ4n) is 2.46. The van der Waals surface area contributed by atoms with Crippen LogP contribution in [0.3, 0.4) is 0 Å². The maximum Gasteiger partial charge on any atom is 0.271 e. The number of anilines is 1. The van der Waals surface area contributed by atoms with Gasteiger partial charge in [0.15, 0.2) is 0 Å². The third kappa shape index (κ3) is 4.12. The predicted molar refractivity (Wildman–Crippen MR) is 102 cm³/mol. The number of amides is 1. The summed E-state index contributed by atoms with van der Waals surface area (Å²) < 4.78 is 28.0. The van der Waals surface area contributed by atoms with E-state index in [1.54, 1.807) is 30.3 Å². The van der Waals surface area contributed by atoms with Crippen LogP contribution in [0.4, 0.5) is 5.69 Å². The molecular formula is C17H17N3O4S2. The van der Waals surface area contributed by atoms with E-state index >= 15 is 0 Å². The zero-order valence-corrected chi connectivity index (χ0v) is 15.5. The van der Waals surface area contributed by atoms with Crippen molar-refractivity contribution in [1.29, 1.82) is 0 Å². The summed E-state index contributed by atoms with van der Waals surface area (Å²) in [6.07, 6.45) is 0.557. The molecule has 0 fully saturated rings. The van der Waals surface area contributed by atoms with Crippen LogP contribution < -0.4 is 15.6 Å². The maximum atomic E-state index is 12.7. The normalized spacial score (nSPS) is 11.4. The molecule has 0 aliphatic heterocycles. The van der Waals surface area contributed by atoms with Gasteiger partial charge >= 0.3 is 0 Å². The molecule has 0 saturated heterocycles. The van der Waals surface area contributed by atoms with Crippen molar-refractivity contribution in [1.82, 2.24) is 10.3 Å². The highest BCUT2D eigenvalue weighted by atomic mass is 32.2. The lowest BCUT2D eigenvalue weighted by Gasteiger charge is -2.09. The number of carbonyl (C=O) groups excluding carboxylic acids is 1. The summed E-state index contributed by atoms with van der Waals surface area (Å²) in [5, 5.41) is 3.40. The lowest BCUT2D eigenvalue weighted by atomic mass is 10.2. The number of sulfonamides is 1. The highest BCUT2D eigenvalue weighted by Gasteiger charge is 2.18. The van der Waals surface area contributed by atoms with E-state index in [0.29, 0.717) is 24.2 Å². The molecule has 0 saturated carbocycles. The number of thiophene rings is 1. The van der Waals surface area contributed by atoms with E-state index in [1.165, 1.54) is 19.1 Å². The second-order valence-corrected chi connectivity index (χ2v) is 8.73. The van der Waals surface area contributed by atoms with E-state index in [4.69, 9.17) is 0 Å². The molecule has 7 nitrogen and oxygen atoms in total. The van der Waals surface area contributed by atoms with Gasteiger partial charge in [-0.05, 0) is 30.7 Å². The Hall–Kier alpha value is -2.65. The first-order valence-corrected chi connectivity index (χ1v) is 10.1. The molecule has 136 valence electrons. The molecule has 0 radical (unpaired) electrons. The summed E-state index contributed by atoms with van der Waals surface area (Å²) in [7, 11) is -3.78. The Morgan fingerprint density at radius 1 is 1.15 bits per heavy atom. The number of nitrogens with one attached hydrogen (secondary N) is 3. The van der Waals surface area contributed by atoms with Crippen LogP contribution in [0.5, 0.6) is 0 Å². The van der Waals surface area contributed by atoms with E-state index in [0.717, 1.165) is 21.6 Å². The van der Waals surface area contributed by atoms with Gasteiger partial charge < -0.3 is 10.3 Å². The van der Waals surface area contributed by atoms with Crippen molar-refractivity contribution in [3.05, 3.63) is 57.7 Å². The molecule has 1 amide bonds. The topological polar surface area (TPSA) is 108 Å². The SMILES string of the molecule is CC(=O)NCCc1ccc(S(=O)(=O)Nc2cccc3ccc(=O)[nH]c23)s1. The highest BCUT2D eigenvalue weighted by Crippen LogP contribution is 2.27. The third-order valence-corrected chi connectivity index (χ3v) is 6.65. The van der Waals surface area contributed by atoms with Gasteiger partial charge in [0.2, 0.25) is 11.5 Å². The van der Waals surface area contributed by atoms with Gasteiger partial charge in [0.1, 0.15) is 4.21 Å². The number of carbonyl (C=O) groups is 1. The van der Waals surface area contributed by atoms with Gasteiger partial charge in [-0.15, -0.1) is 11.3 Å². The van der Waals surface area contributed by atoms with Gasteiger partial charge in [0.25, 0.3) is 10.0 Å². The Bertz CT molecular complexity index is 1120. The van der Waals surface area contributed by atoms with Crippen molar-refractivity contribution in [3.8, 4) is 0 Å². The molecule has 2 aromatic heterocycles. The minimum absolute atomic E-state index is 0.124. The van der Waals surface area contributed by atoms with Crippen molar-refractivity contribution in [2.24, 2.45) is 0 Å². The second-order valence-electron chi connectivity index (χ2n) is 5.65. The average Bonchev–Trinajstić information content (AvgIpc) is 3.05. The fourth-order valence-corrected chi connectivity index (χ4v) is 4.88. The Labute approximate surface area is 154 Å². The van der Waals surface area contributed by atoms with Crippen LogP contribution in [-0.4, -0.2) is 25.9 Å². The van der Waals surface area contributed by atoms with Crippen molar-refractivity contribution >= 4 is 43.9 Å². The molecule has 1 aromatic carbocycles. The molecule has 0 bridgehead atoms. The lowest BCUT2D eigenvalue weighted by molar-refractivity contribution is -0.118. The van der Waals surface area contributed by atoms with Gasteiger partial charge in [-0.25, -0.2) is 8.42 Å². The number of benzene rings is 1. The zero-order valence-electron chi connectivity index (χ0n) is 13.9.